The first-order valence-electron chi connectivity index (χ1n) is 11.1. The third kappa shape index (κ3) is 4.06. The fourth-order valence-corrected chi connectivity index (χ4v) is 6.57. The van der Waals surface area contributed by atoms with E-state index in [0.29, 0.717) is 56.1 Å². The molecule has 1 unspecified atom stereocenters. The Labute approximate surface area is 171 Å². The predicted molar refractivity (Wildman–Crippen MR) is 105 cm³/mol. The van der Waals surface area contributed by atoms with E-state index in [4.69, 9.17) is 4.74 Å². The van der Waals surface area contributed by atoms with E-state index in [1.165, 1.54) is 38.2 Å². The van der Waals surface area contributed by atoms with Crippen molar-refractivity contribution in [1.29, 1.82) is 0 Å². The zero-order valence-electron chi connectivity index (χ0n) is 16.8. The molecule has 6 rings (SSSR count). The molecule has 0 aromatic heterocycles. The Hall–Kier alpha value is -1.53. The Balaban J connectivity index is 1.14. The number of carbonyl (C=O) groups excluding carboxylic acids is 1. The topological polar surface area (TPSA) is 41.6 Å². The number of halogens is 2. The molecule has 1 aromatic carbocycles. The van der Waals surface area contributed by atoms with Crippen molar-refractivity contribution in [3.05, 3.63) is 35.4 Å². The molecule has 5 aliphatic rings. The molecule has 1 atom stereocenters. The molecule has 1 N–H and O–H groups in total. The molecule has 4 aliphatic carbocycles. The number of rotatable bonds is 5. The van der Waals surface area contributed by atoms with Crippen LogP contribution in [-0.4, -0.2) is 42.6 Å². The number of hydrogen-bond acceptors (Lipinski definition) is 3. The highest BCUT2D eigenvalue weighted by Gasteiger charge is 2.48. The van der Waals surface area contributed by atoms with Crippen LogP contribution in [0.3, 0.4) is 0 Å². The second-order valence-corrected chi connectivity index (χ2v) is 9.67. The van der Waals surface area contributed by atoms with E-state index >= 15 is 0 Å². The zero-order chi connectivity index (χ0) is 20.0. The van der Waals surface area contributed by atoms with Crippen LogP contribution in [0, 0.1) is 35.3 Å². The summed E-state index contributed by atoms with van der Waals surface area (Å²) in [6.45, 7) is 2.06. The summed E-state index contributed by atoms with van der Waals surface area (Å²) in [5.74, 6) is 1.59. The van der Waals surface area contributed by atoms with Crippen LogP contribution in [0.5, 0.6) is 0 Å². The molecule has 1 aromatic rings. The second kappa shape index (κ2) is 7.95. The van der Waals surface area contributed by atoms with E-state index in [0.717, 1.165) is 17.9 Å². The summed E-state index contributed by atoms with van der Waals surface area (Å²) in [7, 11) is 0. The fourth-order valence-electron chi connectivity index (χ4n) is 6.57. The number of ether oxygens (including phenoxy) is 1. The molecule has 158 valence electrons. The minimum absolute atomic E-state index is 0.0752. The van der Waals surface area contributed by atoms with Crippen molar-refractivity contribution in [3.8, 4) is 0 Å². The zero-order valence-corrected chi connectivity index (χ0v) is 16.8. The molecule has 0 radical (unpaired) electrons. The molecule has 5 fully saturated rings. The van der Waals surface area contributed by atoms with E-state index in [1.54, 1.807) is 6.07 Å². The van der Waals surface area contributed by atoms with Crippen molar-refractivity contribution in [2.45, 2.75) is 57.2 Å². The maximum absolute atomic E-state index is 14.0. The lowest BCUT2D eigenvalue weighted by Crippen LogP contribution is -2.56. The van der Waals surface area contributed by atoms with E-state index in [2.05, 4.69) is 5.32 Å². The van der Waals surface area contributed by atoms with Gasteiger partial charge in [-0.25, -0.2) is 8.78 Å². The maximum atomic E-state index is 14.0. The molecule has 4 saturated carbocycles. The lowest BCUT2D eigenvalue weighted by Gasteiger charge is -2.54. The van der Waals surface area contributed by atoms with Crippen molar-refractivity contribution in [3.63, 3.8) is 0 Å². The normalized spacial score (nSPS) is 36.3. The summed E-state index contributed by atoms with van der Waals surface area (Å²) in [5.41, 5.74) is 0.351. The summed E-state index contributed by atoms with van der Waals surface area (Å²) >= 11 is 0. The van der Waals surface area contributed by atoms with Gasteiger partial charge in [0, 0.05) is 31.2 Å². The van der Waals surface area contributed by atoms with Crippen molar-refractivity contribution >= 4 is 5.91 Å². The van der Waals surface area contributed by atoms with Crippen LogP contribution in [-0.2, 0) is 16.1 Å². The van der Waals surface area contributed by atoms with Gasteiger partial charge in [0.15, 0.2) is 11.6 Å². The van der Waals surface area contributed by atoms with Gasteiger partial charge in [-0.15, -0.1) is 0 Å². The van der Waals surface area contributed by atoms with Gasteiger partial charge < -0.3 is 10.1 Å². The summed E-state index contributed by atoms with van der Waals surface area (Å²) in [6.07, 6.45) is 6.68. The van der Waals surface area contributed by atoms with Crippen molar-refractivity contribution < 1.29 is 18.3 Å². The predicted octanol–water partition coefficient (Wildman–Crippen LogP) is 3.50. The smallest absolute Gasteiger partial charge is 0.222 e. The van der Waals surface area contributed by atoms with Crippen molar-refractivity contribution in [1.82, 2.24) is 10.2 Å². The summed E-state index contributed by atoms with van der Waals surface area (Å²) in [6, 6.07) is 4.62. The second-order valence-electron chi connectivity index (χ2n) is 9.67. The lowest BCUT2D eigenvalue weighted by molar-refractivity contribution is -0.130. The number of morpholine rings is 1. The third-order valence-corrected chi connectivity index (χ3v) is 7.62. The van der Waals surface area contributed by atoms with Gasteiger partial charge >= 0.3 is 0 Å². The Bertz CT molecular complexity index is 743. The van der Waals surface area contributed by atoms with Gasteiger partial charge in [0.1, 0.15) is 0 Å². The number of benzene rings is 1. The molecule has 1 heterocycles. The summed E-state index contributed by atoms with van der Waals surface area (Å²) in [5, 5.41) is 3.34. The first-order valence-corrected chi connectivity index (χ1v) is 11.1. The van der Waals surface area contributed by atoms with Crippen molar-refractivity contribution in [2.75, 3.05) is 19.7 Å². The third-order valence-electron chi connectivity index (χ3n) is 7.62. The molecule has 1 saturated heterocycles. The number of hydrogen-bond donors (Lipinski definition) is 1. The van der Waals surface area contributed by atoms with Gasteiger partial charge in [-0.1, -0.05) is 12.1 Å². The van der Waals surface area contributed by atoms with Crippen LogP contribution in [0.25, 0.3) is 0 Å². The molecule has 0 spiro atoms. The average Bonchev–Trinajstić information content (AvgIpc) is 2.68. The Kier molecular flexibility index (Phi) is 5.33. The molecular formula is C23H30F2N2O2. The highest BCUT2D eigenvalue weighted by atomic mass is 19.2. The molecule has 4 nitrogen and oxygen atoms in total. The molecule has 6 heteroatoms. The van der Waals surface area contributed by atoms with Gasteiger partial charge in [-0.3, -0.25) is 9.69 Å². The summed E-state index contributed by atoms with van der Waals surface area (Å²) in [4.78, 5) is 14.8. The highest BCUT2D eigenvalue weighted by Crippen LogP contribution is 2.53. The Morgan fingerprint density at radius 3 is 2.55 bits per heavy atom. The number of nitrogens with one attached hydrogen (secondary N) is 1. The molecule has 1 amide bonds. The highest BCUT2D eigenvalue weighted by molar-refractivity contribution is 5.77. The molecular weight excluding hydrogens is 374 g/mol. The van der Waals surface area contributed by atoms with Gasteiger partial charge in [-0.2, -0.15) is 0 Å². The van der Waals surface area contributed by atoms with Crippen LogP contribution in [0.4, 0.5) is 8.78 Å². The van der Waals surface area contributed by atoms with Gasteiger partial charge in [0.25, 0.3) is 0 Å². The number of carbonyl (C=O) groups is 1. The Morgan fingerprint density at radius 2 is 1.83 bits per heavy atom. The van der Waals surface area contributed by atoms with Gasteiger partial charge in [0.05, 0.1) is 19.1 Å². The van der Waals surface area contributed by atoms with Crippen LogP contribution in [0.15, 0.2) is 18.2 Å². The SMILES string of the molecule is O=C(CC1CN(Cc2cccc(F)c2F)CCO1)NC1C2CC3CC(C2)CC1C3. The summed E-state index contributed by atoms with van der Waals surface area (Å²) < 4.78 is 33.2. The molecule has 4 bridgehead atoms. The van der Waals surface area contributed by atoms with Crippen LogP contribution < -0.4 is 5.32 Å². The fraction of sp³-hybridized carbons (Fsp3) is 0.696. The molecule has 1 aliphatic heterocycles. The number of nitrogens with zero attached hydrogens (tertiary/aromatic N) is 1. The van der Waals surface area contributed by atoms with Crippen LogP contribution in [0.1, 0.15) is 44.1 Å². The maximum Gasteiger partial charge on any atom is 0.222 e. The average molecular weight is 405 g/mol. The lowest BCUT2D eigenvalue weighted by atomic mass is 9.54. The van der Waals surface area contributed by atoms with Gasteiger partial charge in [-0.05, 0) is 61.8 Å². The van der Waals surface area contributed by atoms with Crippen LogP contribution in [0.2, 0.25) is 0 Å². The van der Waals surface area contributed by atoms with Crippen molar-refractivity contribution in [2.24, 2.45) is 23.7 Å². The largest absolute Gasteiger partial charge is 0.375 e. The van der Waals surface area contributed by atoms with E-state index < -0.39 is 11.6 Å². The number of amides is 1. The van der Waals surface area contributed by atoms with Crippen LogP contribution >= 0.6 is 0 Å². The van der Waals surface area contributed by atoms with E-state index in [1.807, 2.05) is 4.90 Å². The Morgan fingerprint density at radius 1 is 1.10 bits per heavy atom. The van der Waals surface area contributed by atoms with E-state index in [9.17, 15) is 13.6 Å². The van der Waals surface area contributed by atoms with Gasteiger partial charge in [0.2, 0.25) is 5.91 Å². The quantitative estimate of drug-likeness (QED) is 0.817. The first-order chi connectivity index (χ1) is 14.0. The first kappa shape index (κ1) is 19.4. The minimum Gasteiger partial charge on any atom is -0.375 e. The standard InChI is InChI=1S/C23H30F2N2O2/c24-20-3-1-2-16(22(20)25)12-27-4-5-29-19(13-27)11-21(28)26-23-17-7-14-6-15(9-17)10-18(23)8-14/h1-3,14-15,17-19,23H,4-13H2,(H,26,28). The van der Waals surface area contributed by atoms with E-state index in [-0.39, 0.29) is 12.0 Å². The minimum atomic E-state index is -0.817. The molecule has 29 heavy (non-hydrogen) atoms. The monoisotopic (exact) mass is 404 g/mol.